The van der Waals surface area contributed by atoms with Gasteiger partial charge < -0.3 is 19.7 Å². The molecule has 0 spiro atoms. The van der Waals surface area contributed by atoms with E-state index in [2.05, 4.69) is 5.32 Å². The molecule has 23 heavy (non-hydrogen) atoms. The minimum absolute atomic E-state index is 0.0840. The van der Waals surface area contributed by atoms with Gasteiger partial charge in [0.2, 0.25) is 18.6 Å². The van der Waals surface area contributed by atoms with E-state index in [-0.39, 0.29) is 29.5 Å². The predicted molar refractivity (Wildman–Crippen MR) is 85.1 cm³/mol. The van der Waals surface area contributed by atoms with Crippen molar-refractivity contribution in [2.75, 3.05) is 12.5 Å². The molecule has 2 amide bonds. The Bertz CT molecular complexity index is 680. The lowest BCUT2D eigenvalue weighted by Crippen LogP contribution is -2.49. The van der Waals surface area contributed by atoms with Crippen molar-refractivity contribution in [2.24, 2.45) is 0 Å². The number of thioether (sulfide) groups is 1. The maximum absolute atomic E-state index is 12.5. The van der Waals surface area contributed by atoms with Crippen LogP contribution in [0.2, 0.25) is 0 Å². The molecule has 0 radical (unpaired) electrons. The molecule has 1 aromatic carbocycles. The third-order valence-electron chi connectivity index (χ3n) is 4.65. The second-order valence-corrected chi connectivity index (χ2v) is 7.67. The largest absolute Gasteiger partial charge is 0.454 e. The summed E-state index contributed by atoms with van der Waals surface area (Å²) in [5, 5.41) is 2.94. The summed E-state index contributed by atoms with van der Waals surface area (Å²) < 4.78 is 10.6. The number of fused-ring (bicyclic) bond motifs is 2. The smallest absolute Gasteiger partial charge is 0.243 e. The van der Waals surface area contributed by atoms with Crippen LogP contribution in [-0.2, 0) is 16.1 Å². The zero-order valence-corrected chi connectivity index (χ0v) is 13.6. The molecule has 0 bridgehead atoms. The van der Waals surface area contributed by atoms with E-state index in [1.807, 2.05) is 25.1 Å². The minimum atomic E-state index is -0.367. The van der Waals surface area contributed by atoms with Crippen molar-refractivity contribution in [1.82, 2.24) is 10.2 Å². The van der Waals surface area contributed by atoms with Gasteiger partial charge in [-0.05, 0) is 31.0 Å². The van der Waals surface area contributed by atoms with Gasteiger partial charge in [0.25, 0.3) is 0 Å². The van der Waals surface area contributed by atoms with Crippen molar-refractivity contribution in [2.45, 2.75) is 37.2 Å². The Morgan fingerprint density at radius 3 is 3.13 bits per heavy atom. The summed E-state index contributed by atoms with van der Waals surface area (Å²) in [6, 6.07) is 5.25. The molecule has 1 aromatic rings. The number of hydrogen-bond acceptors (Lipinski definition) is 5. The lowest BCUT2D eigenvalue weighted by atomic mass is 10.2. The second kappa shape index (κ2) is 5.33. The van der Waals surface area contributed by atoms with Crippen molar-refractivity contribution in [1.29, 1.82) is 0 Å². The minimum Gasteiger partial charge on any atom is -0.454 e. The predicted octanol–water partition coefficient (Wildman–Crippen LogP) is 1.49. The first-order valence-electron chi connectivity index (χ1n) is 7.69. The van der Waals surface area contributed by atoms with Crippen LogP contribution >= 0.6 is 11.8 Å². The second-order valence-electron chi connectivity index (χ2n) is 6.17. The van der Waals surface area contributed by atoms with Crippen LogP contribution in [0.1, 0.15) is 25.3 Å². The lowest BCUT2D eigenvalue weighted by Gasteiger charge is -2.29. The fourth-order valence-corrected chi connectivity index (χ4v) is 4.80. The van der Waals surface area contributed by atoms with Gasteiger partial charge in [0.1, 0.15) is 6.04 Å². The Morgan fingerprint density at radius 2 is 2.26 bits per heavy atom. The van der Waals surface area contributed by atoms with Gasteiger partial charge >= 0.3 is 0 Å². The van der Waals surface area contributed by atoms with E-state index < -0.39 is 0 Å². The summed E-state index contributed by atoms with van der Waals surface area (Å²) in [5.74, 6) is 2.09. The van der Waals surface area contributed by atoms with Crippen LogP contribution in [0.5, 0.6) is 11.5 Å². The molecule has 0 aromatic heterocycles. The van der Waals surface area contributed by atoms with Gasteiger partial charge in [0, 0.05) is 18.7 Å². The van der Waals surface area contributed by atoms with E-state index in [0.717, 1.165) is 17.7 Å². The van der Waals surface area contributed by atoms with Gasteiger partial charge in [-0.3, -0.25) is 9.59 Å². The highest BCUT2D eigenvalue weighted by molar-refractivity contribution is 8.01. The topological polar surface area (TPSA) is 67.9 Å². The first-order chi connectivity index (χ1) is 11.1. The molecule has 7 heteroatoms. The highest BCUT2D eigenvalue weighted by atomic mass is 32.2. The number of benzene rings is 1. The van der Waals surface area contributed by atoms with Crippen LogP contribution in [0.15, 0.2) is 18.2 Å². The third-order valence-corrected chi connectivity index (χ3v) is 6.16. The quantitative estimate of drug-likeness (QED) is 0.907. The van der Waals surface area contributed by atoms with E-state index in [9.17, 15) is 9.59 Å². The van der Waals surface area contributed by atoms with E-state index >= 15 is 0 Å². The standard InChI is InChI=1S/C16H18N2O4S/c1-16-5-4-14(19)18(16)11(8-23-16)15(20)17-7-10-2-3-12-13(6-10)22-9-21-12/h2-3,6,11H,4-5,7-9H2,1H3,(H,17,20)/t11-,16+/m1/s1. The Hall–Kier alpha value is -1.89. The number of carbonyl (C=O) groups is 2. The van der Waals surface area contributed by atoms with Crippen molar-refractivity contribution in [3.63, 3.8) is 0 Å². The number of carbonyl (C=O) groups excluding carboxylic acids is 2. The molecule has 2 atom stereocenters. The van der Waals surface area contributed by atoms with Crippen molar-refractivity contribution in [3.05, 3.63) is 23.8 Å². The zero-order chi connectivity index (χ0) is 16.0. The Kier molecular flexibility index (Phi) is 3.41. The third kappa shape index (κ3) is 2.43. The fraction of sp³-hybridized carbons (Fsp3) is 0.500. The summed E-state index contributed by atoms with van der Waals surface area (Å²) in [5.41, 5.74) is 0.948. The molecule has 6 nitrogen and oxygen atoms in total. The van der Waals surface area contributed by atoms with Crippen molar-refractivity contribution in [3.8, 4) is 11.5 Å². The molecule has 2 saturated heterocycles. The molecule has 4 rings (SSSR count). The molecular weight excluding hydrogens is 316 g/mol. The van der Waals surface area contributed by atoms with Gasteiger partial charge in [-0.2, -0.15) is 0 Å². The van der Waals surface area contributed by atoms with Gasteiger partial charge in [0.05, 0.1) is 4.87 Å². The highest BCUT2D eigenvalue weighted by Crippen LogP contribution is 2.47. The molecule has 122 valence electrons. The SMILES string of the molecule is C[C@]12CCC(=O)N1[C@@H](C(=O)NCc1ccc3c(c1)OCO3)CS2. The van der Waals surface area contributed by atoms with Crippen LogP contribution in [-0.4, -0.2) is 40.2 Å². The summed E-state index contributed by atoms with van der Waals surface area (Å²) in [6.45, 7) is 2.70. The zero-order valence-electron chi connectivity index (χ0n) is 12.8. The van der Waals surface area contributed by atoms with Crippen LogP contribution in [0.4, 0.5) is 0 Å². The molecule has 3 aliphatic rings. The number of hydrogen-bond donors (Lipinski definition) is 1. The van der Waals surface area contributed by atoms with E-state index in [1.165, 1.54) is 0 Å². The first kappa shape index (κ1) is 14.7. The fourth-order valence-electron chi connectivity index (χ4n) is 3.37. The highest BCUT2D eigenvalue weighted by Gasteiger charge is 2.52. The van der Waals surface area contributed by atoms with Gasteiger partial charge in [-0.1, -0.05) is 6.07 Å². The van der Waals surface area contributed by atoms with E-state index in [1.54, 1.807) is 16.7 Å². The van der Waals surface area contributed by atoms with Crippen LogP contribution < -0.4 is 14.8 Å². The maximum Gasteiger partial charge on any atom is 0.243 e. The van der Waals surface area contributed by atoms with Gasteiger partial charge in [0.15, 0.2) is 11.5 Å². The number of ether oxygens (including phenoxy) is 2. The molecule has 0 unspecified atom stereocenters. The number of nitrogens with zero attached hydrogens (tertiary/aromatic N) is 1. The van der Waals surface area contributed by atoms with Crippen LogP contribution in [0.25, 0.3) is 0 Å². The average Bonchev–Trinajstić information content (AvgIpc) is 3.20. The Balaban J connectivity index is 1.42. The van der Waals surface area contributed by atoms with E-state index in [4.69, 9.17) is 9.47 Å². The molecule has 3 aliphatic heterocycles. The van der Waals surface area contributed by atoms with Crippen molar-refractivity contribution >= 4 is 23.6 Å². The van der Waals surface area contributed by atoms with Gasteiger partial charge in [-0.25, -0.2) is 0 Å². The molecule has 2 fully saturated rings. The van der Waals surface area contributed by atoms with Crippen molar-refractivity contribution < 1.29 is 19.1 Å². The van der Waals surface area contributed by atoms with E-state index in [0.29, 0.717) is 24.5 Å². The Morgan fingerprint density at radius 1 is 1.43 bits per heavy atom. The Labute approximate surface area is 138 Å². The molecule has 1 N–H and O–H groups in total. The molecule has 0 aliphatic carbocycles. The molecular formula is C16H18N2O4S. The van der Waals surface area contributed by atoms with Crippen LogP contribution in [0.3, 0.4) is 0 Å². The summed E-state index contributed by atoms with van der Waals surface area (Å²) in [6.07, 6.45) is 1.36. The molecule has 3 heterocycles. The normalized spacial score (nSPS) is 28.1. The first-order valence-corrected chi connectivity index (χ1v) is 8.68. The van der Waals surface area contributed by atoms with Crippen LogP contribution in [0, 0.1) is 0 Å². The summed E-state index contributed by atoms with van der Waals surface area (Å²) in [7, 11) is 0. The summed E-state index contributed by atoms with van der Waals surface area (Å²) in [4.78, 5) is 26.1. The van der Waals surface area contributed by atoms with Gasteiger partial charge in [-0.15, -0.1) is 11.8 Å². The number of amides is 2. The number of rotatable bonds is 3. The number of nitrogens with one attached hydrogen (secondary N) is 1. The average molecular weight is 334 g/mol. The maximum atomic E-state index is 12.5. The monoisotopic (exact) mass is 334 g/mol. The lowest BCUT2D eigenvalue weighted by molar-refractivity contribution is -0.138. The molecule has 0 saturated carbocycles. The summed E-state index contributed by atoms with van der Waals surface area (Å²) >= 11 is 1.70.